The Hall–Kier alpha value is -1.96. The summed E-state index contributed by atoms with van der Waals surface area (Å²) in [6.45, 7) is 1.54. The van der Waals surface area contributed by atoms with Gasteiger partial charge in [0, 0.05) is 37.1 Å². The van der Waals surface area contributed by atoms with Crippen molar-refractivity contribution in [3.05, 3.63) is 64.9 Å². The normalized spacial score (nSPS) is 11.3. The van der Waals surface area contributed by atoms with Crippen LogP contribution in [0.1, 0.15) is 12.5 Å². The Bertz CT molecular complexity index is 858. The molecule has 0 saturated heterocycles. The molecular formula is C17H18ClFN2O3S. The van der Waals surface area contributed by atoms with E-state index in [0.717, 1.165) is 0 Å². The zero-order valence-corrected chi connectivity index (χ0v) is 15.1. The molecule has 2 aromatic rings. The average molecular weight is 385 g/mol. The van der Waals surface area contributed by atoms with Gasteiger partial charge in [-0.1, -0.05) is 35.9 Å². The summed E-state index contributed by atoms with van der Waals surface area (Å²) in [5, 5.41) is 0.313. The van der Waals surface area contributed by atoms with Crippen LogP contribution in [0.15, 0.2) is 53.4 Å². The highest BCUT2D eigenvalue weighted by molar-refractivity contribution is 7.89. The fourth-order valence-corrected chi connectivity index (χ4v) is 3.53. The van der Waals surface area contributed by atoms with Crippen LogP contribution < -0.4 is 4.72 Å². The minimum Gasteiger partial charge on any atom is -0.337 e. The molecule has 0 fully saturated rings. The van der Waals surface area contributed by atoms with E-state index in [0.29, 0.717) is 10.6 Å². The second-order valence-electron chi connectivity index (χ2n) is 5.39. The molecule has 0 radical (unpaired) electrons. The molecule has 0 spiro atoms. The van der Waals surface area contributed by atoms with Gasteiger partial charge in [-0.05, 0) is 24.3 Å². The fourth-order valence-electron chi connectivity index (χ4n) is 2.21. The van der Waals surface area contributed by atoms with Crippen molar-refractivity contribution < 1.29 is 17.6 Å². The number of sulfonamides is 1. The van der Waals surface area contributed by atoms with Gasteiger partial charge in [0.05, 0.1) is 4.90 Å². The van der Waals surface area contributed by atoms with E-state index in [1.807, 2.05) is 0 Å². The van der Waals surface area contributed by atoms with Crippen LogP contribution in [0.3, 0.4) is 0 Å². The summed E-state index contributed by atoms with van der Waals surface area (Å²) in [7, 11) is -3.73. The molecule has 0 saturated carbocycles. The third-order valence-corrected chi connectivity index (χ3v) is 5.24. The number of halogens is 2. The van der Waals surface area contributed by atoms with Crippen molar-refractivity contribution in [3.63, 3.8) is 0 Å². The van der Waals surface area contributed by atoms with Gasteiger partial charge in [-0.25, -0.2) is 17.5 Å². The number of hydrogen-bond donors (Lipinski definition) is 1. The molecule has 1 N–H and O–H groups in total. The van der Waals surface area contributed by atoms with Crippen LogP contribution in [0, 0.1) is 5.82 Å². The average Bonchev–Trinajstić information content (AvgIpc) is 2.55. The molecule has 0 aliphatic carbocycles. The number of hydrogen-bond acceptors (Lipinski definition) is 3. The predicted octanol–water partition coefficient (Wildman–Crippen LogP) is 2.81. The first-order valence-electron chi connectivity index (χ1n) is 7.54. The summed E-state index contributed by atoms with van der Waals surface area (Å²) in [4.78, 5) is 13.2. The topological polar surface area (TPSA) is 66.5 Å². The number of nitrogens with one attached hydrogen (secondary N) is 1. The Balaban J connectivity index is 2.00. The van der Waals surface area contributed by atoms with E-state index in [1.54, 1.807) is 24.3 Å². The summed E-state index contributed by atoms with van der Waals surface area (Å²) in [6, 6.07) is 12.0. The highest BCUT2D eigenvalue weighted by Crippen LogP contribution is 2.15. The second kappa shape index (κ2) is 8.42. The van der Waals surface area contributed by atoms with Gasteiger partial charge in [-0.15, -0.1) is 0 Å². The van der Waals surface area contributed by atoms with Gasteiger partial charge in [0.15, 0.2) is 0 Å². The maximum Gasteiger partial charge on any atom is 0.240 e. The van der Waals surface area contributed by atoms with Gasteiger partial charge in [-0.2, -0.15) is 0 Å². The molecule has 0 aliphatic rings. The predicted molar refractivity (Wildman–Crippen MR) is 94.1 cm³/mol. The molecule has 5 nitrogen and oxygen atoms in total. The molecule has 0 aliphatic heterocycles. The summed E-state index contributed by atoms with van der Waals surface area (Å²) < 4.78 is 40.6. The Morgan fingerprint density at radius 1 is 1.20 bits per heavy atom. The number of nitrogens with zero attached hydrogens (tertiary/aromatic N) is 1. The van der Waals surface area contributed by atoms with Crippen LogP contribution in [0.4, 0.5) is 4.39 Å². The van der Waals surface area contributed by atoms with Gasteiger partial charge >= 0.3 is 0 Å². The van der Waals surface area contributed by atoms with Gasteiger partial charge in [0.2, 0.25) is 15.9 Å². The van der Waals surface area contributed by atoms with E-state index in [1.165, 1.54) is 36.1 Å². The van der Waals surface area contributed by atoms with Crippen LogP contribution in [0.25, 0.3) is 0 Å². The van der Waals surface area contributed by atoms with Crippen LogP contribution in [0.5, 0.6) is 0 Å². The van der Waals surface area contributed by atoms with E-state index in [-0.39, 0.29) is 30.4 Å². The quantitative estimate of drug-likeness (QED) is 0.798. The van der Waals surface area contributed by atoms with Crippen molar-refractivity contribution in [2.45, 2.75) is 18.4 Å². The molecule has 1 amide bonds. The Morgan fingerprint density at radius 3 is 2.56 bits per heavy atom. The van der Waals surface area contributed by atoms with Crippen molar-refractivity contribution in [3.8, 4) is 0 Å². The highest BCUT2D eigenvalue weighted by Gasteiger charge is 2.16. The second-order valence-corrected chi connectivity index (χ2v) is 7.59. The summed E-state index contributed by atoms with van der Waals surface area (Å²) >= 11 is 5.80. The first kappa shape index (κ1) is 19.4. The molecule has 2 aromatic carbocycles. The lowest BCUT2D eigenvalue weighted by molar-refractivity contribution is -0.129. The first-order valence-corrected chi connectivity index (χ1v) is 9.40. The van der Waals surface area contributed by atoms with E-state index < -0.39 is 15.8 Å². The molecule has 0 bridgehead atoms. The minimum atomic E-state index is -3.73. The molecule has 25 heavy (non-hydrogen) atoms. The first-order chi connectivity index (χ1) is 11.8. The number of carbonyl (C=O) groups excluding carboxylic acids is 1. The number of benzene rings is 2. The summed E-state index contributed by atoms with van der Waals surface area (Å²) in [5.74, 6) is -0.682. The maximum atomic E-state index is 13.7. The lowest BCUT2D eigenvalue weighted by Crippen LogP contribution is -2.37. The minimum absolute atomic E-state index is 0.00286. The zero-order chi connectivity index (χ0) is 18.4. The van der Waals surface area contributed by atoms with E-state index in [4.69, 9.17) is 11.6 Å². The highest BCUT2D eigenvalue weighted by atomic mass is 35.5. The Labute approximate surface area is 151 Å². The number of carbonyl (C=O) groups is 1. The fraction of sp³-hybridized carbons (Fsp3) is 0.235. The van der Waals surface area contributed by atoms with Crippen molar-refractivity contribution in [2.24, 2.45) is 0 Å². The lowest BCUT2D eigenvalue weighted by Gasteiger charge is -2.21. The maximum absolute atomic E-state index is 13.7. The van der Waals surface area contributed by atoms with E-state index in [2.05, 4.69) is 4.72 Å². The van der Waals surface area contributed by atoms with Crippen LogP contribution >= 0.6 is 11.6 Å². The van der Waals surface area contributed by atoms with Gasteiger partial charge in [-0.3, -0.25) is 4.79 Å². The van der Waals surface area contributed by atoms with Crippen molar-refractivity contribution in [1.29, 1.82) is 0 Å². The molecule has 0 aromatic heterocycles. The monoisotopic (exact) mass is 384 g/mol. The third kappa shape index (κ3) is 5.52. The van der Waals surface area contributed by atoms with Crippen molar-refractivity contribution in [1.82, 2.24) is 9.62 Å². The zero-order valence-electron chi connectivity index (χ0n) is 13.6. The van der Waals surface area contributed by atoms with Crippen molar-refractivity contribution in [2.75, 3.05) is 13.1 Å². The van der Waals surface area contributed by atoms with Crippen LogP contribution in [-0.2, 0) is 21.4 Å². The van der Waals surface area contributed by atoms with Crippen molar-refractivity contribution >= 4 is 27.5 Å². The largest absolute Gasteiger partial charge is 0.337 e. The third-order valence-electron chi connectivity index (χ3n) is 3.54. The standard InChI is InChI=1S/C17H18ClFN2O3S/c1-13(22)21(12-14-5-2-3-8-17(14)19)10-9-20-25(23,24)16-7-4-6-15(18)11-16/h2-8,11,20H,9-10,12H2,1H3. The van der Waals surface area contributed by atoms with Gasteiger partial charge in [0.25, 0.3) is 0 Å². The van der Waals surface area contributed by atoms with E-state index in [9.17, 15) is 17.6 Å². The molecule has 0 atom stereocenters. The lowest BCUT2D eigenvalue weighted by atomic mass is 10.2. The Kier molecular flexibility index (Phi) is 6.52. The molecule has 0 heterocycles. The molecule has 134 valence electrons. The van der Waals surface area contributed by atoms with Gasteiger partial charge < -0.3 is 4.90 Å². The SMILES string of the molecule is CC(=O)N(CCNS(=O)(=O)c1cccc(Cl)c1)Cc1ccccc1F. The summed E-state index contributed by atoms with van der Waals surface area (Å²) in [5.41, 5.74) is 0.371. The van der Waals surface area contributed by atoms with E-state index >= 15 is 0 Å². The number of amides is 1. The summed E-state index contributed by atoms with van der Waals surface area (Å²) in [6.07, 6.45) is 0. The van der Waals surface area contributed by atoms with Crippen LogP contribution in [-0.4, -0.2) is 32.3 Å². The smallest absolute Gasteiger partial charge is 0.240 e. The molecule has 2 rings (SSSR count). The molecule has 8 heteroatoms. The Morgan fingerprint density at radius 2 is 1.92 bits per heavy atom. The molecular weight excluding hydrogens is 367 g/mol. The molecule has 0 unspecified atom stereocenters. The van der Waals surface area contributed by atoms with Crippen LogP contribution in [0.2, 0.25) is 5.02 Å². The number of rotatable bonds is 7. The van der Waals surface area contributed by atoms with Gasteiger partial charge in [0.1, 0.15) is 5.82 Å².